The quantitative estimate of drug-likeness (QED) is 0.172. The van der Waals surface area contributed by atoms with E-state index in [0.29, 0.717) is 0 Å². The van der Waals surface area contributed by atoms with Crippen LogP contribution in [0.3, 0.4) is 0 Å². The van der Waals surface area contributed by atoms with E-state index in [9.17, 15) is 0 Å². The second-order valence-corrected chi connectivity index (χ2v) is 13.5. The van der Waals surface area contributed by atoms with Gasteiger partial charge in [0.25, 0.3) is 0 Å². The molecule has 10 rings (SSSR count). The van der Waals surface area contributed by atoms with E-state index in [0.717, 1.165) is 61.6 Å². The first-order chi connectivity index (χ1) is 25.7. The monoisotopic (exact) mass is 663 g/mol. The van der Waals surface area contributed by atoms with Gasteiger partial charge in [-0.05, 0) is 98.2 Å². The van der Waals surface area contributed by atoms with Crippen LogP contribution in [0.25, 0.3) is 99.0 Å². The van der Waals surface area contributed by atoms with Crippen molar-refractivity contribution in [1.29, 1.82) is 0 Å². The van der Waals surface area contributed by atoms with Crippen molar-refractivity contribution in [2.75, 3.05) is 0 Å². The summed E-state index contributed by atoms with van der Waals surface area (Å²) in [5.41, 5.74) is 13.3. The Morgan fingerprint density at radius 3 is 1.85 bits per heavy atom. The van der Waals surface area contributed by atoms with E-state index in [1.165, 1.54) is 49.4 Å². The molecule has 3 aromatic heterocycles. The normalized spacial score (nSPS) is 11.6. The molecule has 3 heteroatoms. The van der Waals surface area contributed by atoms with Crippen LogP contribution in [0.15, 0.2) is 170 Å². The van der Waals surface area contributed by atoms with E-state index < -0.39 is 0 Å². The summed E-state index contributed by atoms with van der Waals surface area (Å²) in [6, 6.07) is 58.8. The maximum atomic E-state index is 5.09. The van der Waals surface area contributed by atoms with Gasteiger partial charge in [0.1, 0.15) is 0 Å². The van der Waals surface area contributed by atoms with Crippen molar-refractivity contribution in [3.8, 4) is 44.8 Å². The standard InChI is InChI=1S/C49H33N3/c1-2-42-43(23-20-31-10-14-38(29-44(31)42)39-15-11-33-21-24-45(51-47(33)30-39)32-7-4-3-5-8-32)40-18-16-37-28-41(19-17-36(37)27-40)46-25-22-35-13-12-34-9-6-26-50-48(34)49(35)52-46/h3-30H,2H2,1H3. The molecule has 7 aromatic carbocycles. The second kappa shape index (κ2) is 12.3. The molecule has 0 aliphatic heterocycles. The Balaban J connectivity index is 1.01. The lowest BCUT2D eigenvalue weighted by molar-refractivity contribution is 1.16. The van der Waals surface area contributed by atoms with Gasteiger partial charge in [0.15, 0.2) is 0 Å². The highest BCUT2D eigenvalue weighted by atomic mass is 14.8. The average Bonchev–Trinajstić information content (AvgIpc) is 3.22. The van der Waals surface area contributed by atoms with Crippen molar-refractivity contribution >= 4 is 54.3 Å². The number of aromatic nitrogens is 3. The van der Waals surface area contributed by atoms with Crippen LogP contribution in [0, 0.1) is 0 Å². The minimum atomic E-state index is 0.935. The predicted molar refractivity (Wildman–Crippen MR) is 218 cm³/mol. The molecule has 3 heterocycles. The highest BCUT2D eigenvalue weighted by Gasteiger charge is 2.13. The highest BCUT2D eigenvalue weighted by molar-refractivity contribution is 6.04. The maximum absolute atomic E-state index is 5.09. The molecular formula is C49H33N3. The molecular weight excluding hydrogens is 631 g/mol. The molecule has 0 bridgehead atoms. The molecule has 0 radical (unpaired) electrons. The lowest BCUT2D eigenvalue weighted by Crippen LogP contribution is -1.92. The van der Waals surface area contributed by atoms with Crippen LogP contribution in [0.4, 0.5) is 0 Å². The molecule has 0 amide bonds. The van der Waals surface area contributed by atoms with Crippen LogP contribution in [0.1, 0.15) is 12.5 Å². The fourth-order valence-electron chi connectivity index (χ4n) is 7.74. The Bertz CT molecular complexity index is 3000. The first-order valence-corrected chi connectivity index (χ1v) is 17.9. The molecule has 0 aliphatic carbocycles. The second-order valence-electron chi connectivity index (χ2n) is 13.5. The van der Waals surface area contributed by atoms with Gasteiger partial charge in [0.2, 0.25) is 0 Å². The van der Waals surface area contributed by atoms with E-state index in [2.05, 4.69) is 164 Å². The van der Waals surface area contributed by atoms with Crippen molar-refractivity contribution in [2.24, 2.45) is 0 Å². The van der Waals surface area contributed by atoms with Crippen molar-refractivity contribution in [1.82, 2.24) is 15.0 Å². The van der Waals surface area contributed by atoms with Crippen LogP contribution in [-0.4, -0.2) is 15.0 Å². The molecule has 0 atom stereocenters. The predicted octanol–water partition coefficient (Wildman–Crippen LogP) is 12.9. The number of fused-ring (bicyclic) bond motifs is 6. The molecule has 0 saturated heterocycles. The van der Waals surface area contributed by atoms with Crippen molar-refractivity contribution in [2.45, 2.75) is 13.3 Å². The average molecular weight is 664 g/mol. The van der Waals surface area contributed by atoms with E-state index >= 15 is 0 Å². The van der Waals surface area contributed by atoms with Crippen LogP contribution >= 0.6 is 0 Å². The highest BCUT2D eigenvalue weighted by Crippen LogP contribution is 2.36. The van der Waals surface area contributed by atoms with Gasteiger partial charge in [0.05, 0.1) is 27.9 Å². The number of rotatable bonds is 5. The molecule has 0 aliphatic rings. The minimum absolute atomic E-state index is 0.935. The van der Waals surface area contributed by atoms with E-state index in [4.69, 9.17) is 9.97 Å². The number of benzene rings is 7. The summed E-state index contributed by atoms with van der Waals surface area (Å²) in [6.45, 7) is 2.26. The topological polar surface area (TPSA) is 38.7 Å². The van der Waals surface area contributed by atoms with E-state index in [-0.39, 0.29) is 0 Å². The van der Waals surface area contributed by atoms with Gasteiger partial charge in [-0.3, -0.25) is 4.98 Å². The molecule has 0 N–H and O–H groups in total. The fraction of sp³-hybridized carbons (Fsp3) is 0.0408. The molecule has 0 saturated carbocycles. The van der Waals surface area contributed by atoms with E-state index in [1.807, 2.05) is 18.3 Å². The third-order valence-corrected chi connectivity index (χ3v) is 10.5. The van der Waals surface area contributed by atoms with Gasteiger partial charge in [0, 0.05) is 33.5 Å². The maximum Gasteiger partial charge on any atom is 0.0972 e. The molecule has 244 valence electrons. The summed E-state index contributed by atoms with van der Waals surface area (Å²) in [5, 5.41) is 8.30. The Morgan fingerprint density at radius 2 is 1.02 bits per heavy atom. The number of pyridine rings is 3. The van der Waals surface area contributed by atoms with Gasteiger partial charge in [-0.25, -0.2) is 9.97 Å². The fourth-order valence-corrected chi connectivity index (χ4v) is 7.74. The number of hydrogen-bond donors (Lipinski definition) is 0. The molecule has 3 nitrogen and oxygen atoms in total. The van der Waals surface area contributed by atoms with Gasteiger partial charge in [-0.2, -0.15) is 0 Å². The zero-order chi connectivity index (χ0) is 34.6. The smallest absolute Gasteiger partial charge is 0.0972 e. The van der Waals surface area contributed by atoms with Gasteiger partial charge in [-0.1, -0.05) is 128 Å². The number of nitrogens with zero attached hydrogens (tertiary/aromatic N) is 3. The minimum Gasteiger partial charge on any atom is -0.254 e. The van der Waals surface area contributed by atoms with Crippen molar-refractivity contribution < 1.29 is 0 Å². The Kier molecular flexibility index (Phi) is 7.10. The zero-order valence-corrected chi connectivity index (χ0v) is 28.7. The lowest BCUT2D eigenvalue weighted by atomic mass is 9.90. The van der Waals surface area contributed by atoms with Crippen LogP contribution < -0.4 is 0 Å². The van der Waals surface area contributed by atoms with E-state index in [1.54, 1.807) is 0 Å². The lowest BCUT2D eigenvalue weighted by Gasteiger charge is -2.15. The third-order valence-electron chi connectivity index (χ3n) is 10.5. The Labute approximate surface area is 301 Å². The molecule has 10 aromatic rings. The van der Waals surface area contributed by atoms with Gasteiger partial charge in [-0.15, -0.1) is 0 Å². The van der Waals surface area contributed by atoms with Crippen molar-refractivity contribution in [3.63, 3.8) is 0 Å². The summed E-state index contributed by atoms with van der Waals surface area (Å²) in [6.07, 6.45) is 2.77. The summed E-state index contributed by atoms with van der Waals surface area (Å²) in [5.74, 6) is 0. The Hall–Kier alpha value is -6.71. The number of aryl methyl sites for hydroxylation is 1. The molecule has 52 heavy (non-hydrogen) atoms. The Morgan fingerprint density at radius 1 is 0.404 bits per heavy atom. The third kappa shape index (κ3) is 5.18. The van der Waals surface area contributed by atoms with Gasteiger partial charge < -0.3 is 0 Å². The first kappa shape index (κ1) is 30.1. The first-order valence-electron chi connectivity index (χ1n) is 17.9. The molecule has 0 spiro atoms. The molecule has 0 fully saturated rings. The van der Waals surface area contributed by atoms with Crippen molar-refractivity contribution in [3.05, 3.63) is 176 Å². The van der Waals surface area contributed by atoms with Crippen LogP contribution in [0.2, 0.25) is 0 Å². The van der Waals surface area contributed by atoms with Crippen LogP contribution in [-0.2, 0) is 6.42 Å². The number of hydrogen-bond acceptors (Lipinski definition) is 3. The summed E-state index contributed by atoms with van der Waals surface area (Å²) >= 11 is 0. The SMILES string of the molecule is CCc1c(-c2ccc3cc(-c4ccc5ccc6cccnc6c5n4)ccc3c2)ccc2ccc(-c3ccc4ccc(-c5ccccc5)nc4c3)cc12. The largest absolute Gasteiger partial charge is 0.254 e. The van der Waals surface area contributed by atoms with Gasteiger partial charge >= 0.3 is 0 Å². The van der Waals surface area contributed by atoms with Crippen LogP contribution in [0.5, 0.6) is 0 Å². The summed E-state index contributed by atoms with van der Waals surface area (Å²) in [4.78, 5) is 14.8. The molecule has 0 unspecified atom stereocenters. The summed E-state index contributed by atoms with van der Waals surface area (Å²) < 4.78 is 0. The summed E-state index contributed by atoms with van der Waals surface area (Å²) in [7, 11) is 0. The zero-order valence-electron chi connectivity index (χ0n) is 28.7.